The van der Waals surface area contributed by atoms with Gasteiger partial charge in [0.2, 0.25) is 0 Å². The molecular formula is C13H13ClN2. The van der Waals surface area contributed by atoms with Crippen LogP contribution in [0.15, 0.2) is 48.5 Å². The fraction of sp³-hybridized carbons (Fsp3) is 0.154. The first-order valence-corrected chi connectivity index (χ1v) is 5.57. The third-order valence-electron chi connectivity index (χ3n) is 2.38. The third-order valence-corrected chi connectivity index (χ3v) is 2.59. The minimum absolute atomic E-state index is 0.215. The number of pyridine rings is 1. The predicted octanol–water partition coefficient (Wildman–Crippen LogP) is 3.91. The van der Waals surface area contributed by atoms with E-state index in [2.05, 4.69) is 29.4 Å². The quantitative estimate of drug-likeness (QED) is 0.812. The molecule has 0 saturated heterocycles. The number of hydrogen-bond donors (Lipinski definition) is 1. The second-order valence-electron chi connectivity index (χ2n) is 3.62. The van der Waals surface area contributed by atoms with E-state index in [1.54, 1.807) is 6.07 Å². The average molecular weight is 233 g/mol. The van der Waals surface area contributed by atoms with Gasteiger partial charge in [-0.3, -0.25) is 0 Å². The maximum atomic E-state index is 5.82. The second-order valence-corrected chi connectivity index (χ2v) is 4.01. The highest BCUT2D eigenvalue weighted by atomic mass is 35.5. The zero-order chi connectivity index (χ0) is 11.4. The van der Waals surface area contributed by atoms with Crippen molar-refractivity contribution in [1.82, 2.24) is 4.98 Å². The average Bonchev–Trinajstić information content (AvgIpc) is 2.30. The van der Waals surface area contributed by atoms with Crippen molar-refractivity contribution in [1.29, 1.82) is 0 Å². The van der Waals surface area contributed by atoms with Gasteiger partial charge >= 0.3 is 0 Å². The number of halogens is 1. The molecule has 0 radical (unpaired) electrons. The minimum atomic E-state index is 0.215. The largest absolute Gasteiger partial charge is 0.364 e. The molecule has 0 aliphatic rings. The minimum Gasteiger partial charge on any atom is -0.364 e. The van der Waals surface area contributed by atoms with Gasteiger partial charge in [-0.25, -0.2) is 4.98 Å². The molecule has 0 saturated carbocycles. The molecule has 1 heterocycles. The summed E-state index contributed by atoms with van der Waals surface area (Å²) in [6.45, 7) is 2.10. The van der Waals surface area contributed by atoms with Gasteiger partial charge in [0.15, 0.2) is 0 Å². The van der Waals surface area contributed by atoms with E-state index in [9.17, 15) is 0 Å². The summed E-state index contributed by atoms with van der Waals surface area (Å²) in [7, 11) is 0. The van der Waals surface area contributed by atoms with Crippen molar-refractivity contribution in [3.63, 3.8) is 0 Å². The Morgan fingerprint density at radius 2 is 1.81 bits per heavy atom. The van der Waals surface area contributed by atoms with Gasteiger partial charge in [0.05, 0.1) is 0 Å². The summed E-state index contributed by atoms with van der Waals surface area (Å²) in [5, 5.41) is 3.81. The van der Waals surface area contributed by atoms with Crippen molar-refractivity contribution in [2.75, 3.05) is 5.32 Å². The topological polar surface area (TPSA) is 24.9 Å². The molecule has 2 nitrogen and oxygen atoms in total. The summed E-state index contributed by atoms with van der Waals surface area (Å²) in [6, 6.07) is 16.0. The van der Waals surface area contributed by atoms with Crippen LogP contribution < -0.4 is 5.32 Å². The maximum absolute atomic E-state index is 5.82. The Hall–Kier alpha value is -1.54. The summed E-state index contributed by atoms with van der Waals surface area (Å²) in [5.41, 5.74) is 1.23. The molecule has 1 aromatic heterocycles. The standard InChI is InChI=1S/C13H13ClN2/c1-10(11-6-3-2-4-7-11)15-13-9-5-8-12(14)16-13/h2-10H,1H3,(H,15,16). The first-order valence-electron chi connectivity index (χ1n) is 5.20. The molecule has 0 aliphatic heterocycles. The van der Waals surface area contributed by atoms with Crippen molar-refractivity contribution in [3.8, 4) is 0 Å². The molecule has 0 bridgehead atoms. The number of rotatable bonds is 3. The van der Waals surface area contributed by atoms with Crippen LogP contribution in [0.3, 0.4) is 0 Å². The van der Waals surface area contributed by atoms with Gasteiger partial charge in [0, 0.05) is 6.04 Å². The summed E-state index contributed by atoms with van der Waals surface area (Å²) in [5.74, 6) is 0.795. The first-order chi connectivity index (χ1) is 7.75. The van der Waals surface area contributed by atoms with Crippen molar-refractivity contribution in [2.24, 2.45) is 0 Å². The lowest BCUT2D eigenvalue weighted by atomic mass is 10.1. The molecule has 1 aromatic carbocycles. The van der Waals surface area contributed by atoms with Crippen LogP contribution in [0.1, 0.15) is 18.5 Å². The Morgan fingerprint density at radius 1 is 1.06 bits per heavy atom. The molecule has 0 fully saturated rings. The third kappa shape index (κ3) is 2.74. The monoisotopic (exact) mass is 232 g/mol. The van der Waals surface area contributed by atoms with Crippen LogP contribution in [0.25, 0.3) is 0 Å². The Balaban J connectivity index is 2.11. The van der Waals surface area contributed by atoms with E-state index in [0.717, 1.165) is 5.82 Å². The fourth-order valence-electron chi connectivity index (χ4n) is 1.54. The van der Waals surface area contributed by atoms with Gasteiger partial charge in [-0.15, -0.1) is 0 Å². The zero-order valence-electron chi connectivity index (χ0n) is 9.02. The molecule has 0 spiro atoms. The summed E-state index contributed by atoms with van der Waals surface area (Å²) < 4.78 is 0. The smallest absolute Gasteiger partial charge is 0.131 e. The van der Waals surface area contributed by atoms with Crippen molar-refractivity contribution < 1.29 is 0 Å². The highest BCUT2D eigenvalue weighted by molar-refractivity contribution is 6.29. The molecule has 0 amide bonds. The first kappa shape index (κ1) is 11.0. The van der Waals surface area contributed by atoms with E-state index in [1.165, 1.54) is 5.56 Å². The van der Waals surface area contributed by atoms with E-state index in [4.69, 9.17) is 11.6 Å². The lowest BCUT2D eigenvalue weighted by molar-refractivity contribution is 0.875. The van der Waals surface area contributed by atoms with Crippen LogP contribution in [0, 0.1) is 0 Å². The molecule has 1 N–H and O–H groups in total. The van der Waals surface area contributed by atoms with Crippen molar-refractivity contribution in [3.05, 3.63) is 59.2 Å². The highest BCUT2D eigenvalue weighted by Gasteiger charge is 2.04. The number of anilines is 1. The lowest BCUT2D eigenvalue weighted by Crippen LogP contribution is -2.07. The molecule has 1 unspecified atom stereocenters. The Kier molecular flexibility index (Phi) is 3.42. The molecule has 1 atom stereocenters. The van der Waals surface area contributed by atoms with Gasteiger partial charge in [-0.1, -0.05) is 48.0 Å². The summed E-state index contributed by atoms with van der Waals surface area (Å²) >= 11 is 5.82. The van der Waals surface area contributed by atoms with Gasteiger partial charge in [-0.2, -0.15) is 0 Å². The second kappa shape index (κ2) is 4.99. The Morgan fingerprint density at radius 3 is 2.50 bits per heavy atom. The number of nitrogens with zero attached hydrogens (tertiary/aromatic N) is 1. The number of nitrogens with one attached hydrogen (secondary N) is 1. The lowest BCUT2D eigenvalue weighted by Gasteiger charge is -2.14. The SMILES string of the molecule is CC(Nc1cccc(Cl)n1)c1ccccc1. The number of benzene rings is 1. The molecule has 16 heavy (non-hydrogen) atoms. The zero-order valence-corrected chi connectivity index (χ0v) is 9.78. The van der Waals surface area contributed by atoms with Crippen LogP contribution in [0.2, 0.25) is 5.15 Å². The maximum Gasteiger partial charge on any atom is 0.131 e. The normalized spacial score (nSPS) is 12.1. The predicted molar refractivity (Wildman–Crippen MR) is 67.7 cm³/mol. The molecule has 0 aliphatic carbocycles. The molecule has 3 heteroatoms. The van der Waals surface area contributed by atoms with Crippen LogP contribution in [0.5, 0.6) is 0 Å². The van der Waals surface area contributed by atoms with E-state index < -0.39 is 0 Å². The molecule has 2 aromatic rings. The van der Waals surface area contributed by atoms with E-state index in [1.807, 2.05) is 30.3 Å². The number of aromatic nitrogens is 1. The molecule has 2 rings (SSSR count). The van der Waals surface area contributed by atoms with Gasteiger partial charge < -0.3 is 5.32 Å². The molecular weight excluding hydrogens is 220 g/mol. The van der Waals surface area contributed by atoms with E-state index >= 15 is 0 Å². The van der Waals surface area contributed by atoms with Gasteiger partial charge in [-0.05, 0) is 24.6 Å². The fourth-order valence-corrected chi connectivity index (χ4v) is 1.70. The van der Waals surface area contributed by atoms with E-state index in [0.29, 0.717) is 5.15 Å². The highest BCUT2D eigenvalue weighted by Crippen LogP contribution is 2.18. The van der Waals surface area contributed by atoms with E-state index in [-0.39, 0.29) is 6.04 Å². The van der Waals surface area contributed by atoms with Crippen molar-refractivity contribution in [2.45, 2.75) is 13.0 Å². The van der Waals surface area contributed by atoms with Crippen LogP contribution >= 0.6 is 11.6 Å². The van der Waals surface area contributed by atoms with Crippen LogP contribution in [0.4, 0.5) is 5.82 Å². The summed E-state index contributed by atoms with van der Waals surface area (Å²) in [4.78, 5) is 4.19. The molecule has 82 valence electrons. The van der Waals surface area contributed by atoms with Crippen LogP contribution in [-0.4, -0.2) is 4.98 Å². The summed E-state index contributed by atoms with van der Waals surface area (Å²) in [6.07, 6.45) is 0. The Bertz CT molecular complexity index is 456. The van der Waals surface area contributed by atoms with Gasteiger partial charge in [0.25, 0.3) is 0 Å². The number of hydrogen-bond acceptors (Lipinski definition) is 2. The van der Waals surface area contributed by atoms with Crippen molar-refractivity contribution >= 4 is 17.4 Å². The Labute approximate surface area is 100 Å². The van der Waals surface area contributed by atoms with Crippen LogP contribution in [-0.2, 0) is 0 Å². The van der Waals surface area contributed by atoms with Gasteiger partial charge in [0.1, 0.15) is 11.0 Å².